The summed E-state index contributed by atoms with van der Waals surface area (Å²) in [6.45, 7) is 0.394. The maximum atomic E-state index is 12.6. The second-order valence-electron chi connectivity index (χ2n) is 5.73. The van der Waals surface area contributed by atoms with Crippen molar-refractivity contribution in [1.29, 1.82) is 0 Å². The molecule has 1 heterocycles. The van der Waals surface area contributed by atoms with Crippen molar-refractivity contribution in [2.45, 2.75) is 12.8 Å². The number of carboxylic acid groups (broad SMARTS) is 1. The number of rotatable bonds is 5. The van der Waals surface area contributed by atoms with Gasteiger partial charge in [-0.15, -0.1) is 0 Å². The summed E-state index contributed by atoms with van der Waals surface area (Å²) in [7, 11) is 1.48. The molecule has 1 aliphatic rings. The third kappa shape index (κ3) is 3.57. The minimum Gasteiger partial charge on any atom is -0.497 e. The Hall–Kier alpha value is -3.02. The first-order valence-electron chi connectivity index (χ1n) is 8.02. The molecule has 1 amide bonds. The second-order valence-corrected chi connectivity index (χ2v) is 5.73. The molecule has 25 heavy (non-hydrogen) atoms. The van der Waals surface area contributed by atoms with Crippen molar-refractivity contribution in [1.82, 2.24) is 0 Å². The van der Waals surface area contributed by atoms with Gasteiger partial charge in [0.1, 0.15) is 17.1 Å². The Labute approximate surface area is 145 Å². The van der Waals surface area contributed by atoms with Gasteiger partial charge in [0.2, 0.25) is 0 Å². The van der Waals surface area contributed by atoms with E-state index in [1.807, 2.05) is 24.3 Å². The van der Waals surface area contributed by atoms with Gasteiger partial charge in [0, 0.05) is 18.3 Å². The minimum absolute atomic E-state index is 0.00681. The van der Waals surface area contributed by atoms with Crippen LogP contribution in [-0.4, -0.2) is 37.2 Å². The molecule has 0 aromatic heterocycles. The van der Waals surface area contributed by atoms with Crippen LogP contribution >= 0.6 is 0 Å². The molecule has 6 heteroatoms. The molecule has 1 aliphatic heterocycles. The van der Waals surface area contributed by atoms with E-state index in [9.17, 15) is 14.7 Å². The molecule has 3 rings (SSSR count). The predicted molar refractivity (Wildman–Crippen MR) is 92.6 cm³/mol. The summed E-state index contributed by atoms with van der Waals surface area (Å²) >= 11 is 0. The number of carboxylic acids is 1. The van der Waals surface area contributed by atoms with E-state index in [4.69, 9.17) is 9.47 Å². The topological polar surface area (TPSA) is 76.1 Å². The zero-order chi connectivity index (χ0) is 17.8. The molecule has 0 bridgehead atoms. The third-order valence-electron chi connectivity index (χ3n) is 4.18. The number of hydrogen-bond acceptors (Lipinski definition) is 4. The lowest BCUT2D eigenvalue weighted by Gasteiger charge is -2.29. The molecular formula is C19H19NO5. The number of aromatic carboxylic acids is 1. The van der Waals surface area contributed by atoms with Gasteiger partial charge in [-0.3, -0.25) is 4.79 Å². The lowest BCUT2D eigenvalue weighted by Crippen LogP contribution is -2.38. The van der Waals surface area contributed by atoms with E-state index in [2.05, 4.69) is 0 Å². The summed E-state index contributed by atoms with van der Waals surface area (Å²) in [6.07, 6.45) is 1.84. The number of anilines is 1. The van der Waals surface area contributed by atoms with Crippen molar-refractivity contribution in [3.05, 3.63) is 53.6 Å². The van der Waals surface area contributed by atoms with Crippen molar-refractivity contribution in [3.63, 3.8) is 0 Å². The molecule has 2 aromatic carbocycles. The number of ether oxygens (including phenoxy) is 2. The van der Waals surface area contributed by atoms with Gasteiger partial charge in [0.25, 0.3) is 5.91 Å². The Morgan fingerprint density at radius 1 is 1.20 bits per heavy atom. The average molecular weight is 341 g/mol. The molecule has 0 unspecified atom stereocenters. The van der Waals surface area contributed by atoms with E-state index >= 15 is 0 Å². The van der Waals surface area contributed by atoms with Gasteiger partial charge >= 0.3 is 5.97 Å². The van der Waals surface area contributed by atoms with Gasteiger partial charge in [-0.1, -0.05) is 18.2 Å². The van der Waals surface area contributed by atoms with Crippen LogP contribution in [0.2, 0.25) is 0 Å². The van der Waals surface area contributed by atoms with Crippen LogP contribution < -0.4 is 14.4 Å². The first kappa shape index (κ1) is 16.8. The first-order chi connectivity index (χ1) is 12.1. The molecule has 0 atom stereocenters. The molecule has 0 radical (unpaired) electrons. The lowest BCUT2D eigenvalue weighted by molar-refractivity contribution is -0.120. The highest BCUT2D eigenvalue weighted by molar-refractivity contribution is 5.96. The van der Waals surface area contributed by atoms with E-state index in [0.29, 0.717) is 12.3 Å². The fraction of sp³-hybridized carbons (Fsp3) is 0.263. The van der Waals surface area contributed by atoms with Crippen LogP contribution in [0.5, 0.6) is 11.5 Å². The van der Waals surface area contributed by atoms with Gasteiger partial charge in [-0.05, 0) is 36.6 Å². The molecule has 0 saturated carbocycles. The monoisotopic (exact) mass is 341 g/mol. The van der Waals surface area contributed by atoms with E-state index < -0.39 is 5.97 Å². The fourth-order valence-electron chi connectivity index (χ4n) is 2.94. The Morgan fingerprint density at radius 3 is 2.76 bits per heavy atom. The summed E-state index contributed by atoms with van der Waals surface area (Å²) in [5.41, 5.74) is 2.02. The van der Waals surface area contributed by atoms with Crippen molar-refractivity contribution >= 4 is 17.6 Å². The van der Waals surface area contributed by atoms with E-state index in [1.54, 1.807) is 11.0 Å². The first-order valence-corrected chi connectivity index (χ1v) is 8.02. The maximum Gasteiger partial charge on any atom is 0.339 e. The molecule has 0 aliphatic carbocycles. The van der Waals surface area contributed by atoms with Crippen LogP contribution in [0, 0.1) is 0 Å². The number of carbonyl (C=O) groups excluding carboxylic acids is 1. The maximum absolute atomic E-state index is 12.6. The minimum atomic E-state index is -1.12. The highest BCUT2D eigenvalue weighted by Gasteiger charge is 2.23. The normalized spacial score (nSPS) is 13.1. The average Bonchev–Trinajstić information content (AvgIpc) is 2.65. The number of amides is 1. The molecule has 0 spiro atoms. The SMILES string of the molecule is COc1ccc(C(=O)O)c(OCC(=O)N2CCCc3ccccc32)c1. The number of fused-ring (bicyclic) bond motifs is 1. The third-order valence-corrected chi connectivity index (χ3v) is 4.18. The Kier molecular flexibility index (Phi) is 4.88. The highest BCUT2D eigenvalue weighted by atomic mass is 16.5. The Bertz CT molecular complexity index is 802. The summed E-state index contributed by atoms with van der Waals surface area (Å²) in [4.78, 5) is 25.6. The van der Waals surface area contributed by atoms with Crippen LogP contribution in [-0.2, 0) is 11.2 Å². The van der Waals surface area contributed by atoms with Crippen molar-refractivity contribution < 1.29 is 24.2 Å². The van der Waals surface area contributed by atoms with Gasteiger partial charge in [0.05, 0.1) is 7.11 Å². The predicted octanol–water partition coefficient (Wildman–Crippen LogP) is 2.75. The van der Waals surface area contributed by atoms with Crippen LogP contribution in [0.1, 0.15) is 22.3 Å². The van der Waals surface area contributed by atoms with Crippen molar-refractivity contribution in [2.75, 3.05) is 25.2 Å². The van der Waals surface area contributed by atoms with Crippen LogP contribution in [0.15, 0.2) is 42.5 Å². The van der Waals surface area contributed by atoms with E-state index in [-0.39, 0.29) is 23.8 Å². The standard InChI is InChI=1S/C19H19NO5/c1-24-14-8-9-15(19(22)23)17(11-14)25-12-18(21)20-10-4-6-13-5-2-3-7-16(13)20/h2-3,5,7-9,11H,4,6,10,12H2,1H3,(H,22,23). The molecule has 130 valence electrons. The zero-order valence-corrected chi connectivity index (χ0v) is 13.9. The molecule has 1 N–H and O–H groups in total. The summed E-state index contributed by atoms with van der Waals surface area (Å²) < 4.78 is 10.6. The molecule has 0 fully saturated rings. The Balaban J connectivity index is 1.76. The summed E-state index contributed by atoms with van der Waals surface area (Å²) in [6, 6.07) is 12.2. The number of benzene rings is 2. The number of carbonyl (C=O) groups is 2. The van der Waals surface area contributed by atoms with Gasteiger partial charge in [-0.25, -0.2) is 4.79 Å². The highest BCUT2D eigenvalue weighted by Crippen LogP contribution is 2.28. The van der Waals surface area contributed by atoms with E-state index in [1.165, 1.54) is 19.2 Å². The fourth-order valence-corrected chi connectivity index (χ4v) is 2.94. The molecule has 2 aromatic rings. The van der Waals surface area contributed by atoms with Gasteiger partial charge in [-0.2, -0.15) is 0 Å². The van der Waals surface area contributed by atoms with Crippen molar-refractivity contribution in [3.8, 4) is 11.5 Å². The molecule has 0 saturated heterocycles. The number of aryl methyl sites for hydroxylation is 1. The molecule has 6 nitrogen and oxygen atoms in total. The van der Waals surface area contributed by atoms with Crippen molar-refractivity contribution in [2.24, 2.45) is 0 Å². The van der Waals surface area contributed by atoms with Crippen LogP contribution in [0.25, 0.3) is 0 Å². The van der Waals surface area contributed by atoms with Gasteiger partial charge < -0.3 is 19.5 Å². The quantitative estimate of drug-likeness (QED) is 0.905. The zero-order valence-electron chi connectivity index (χ0n) is 13.9. The smallest absolute Gasteiger partial charge is 0.339 e. The van der Waals surface area contributed by atoms with Gasteiger partial charge in [0.15, 0.2) is 6.61 Å². The number of para-hydroxylation sites is 1. The number of nitrogens with zero attached hydrogens (tertiary/aromatic N) is 1. The number of methoxy groups -OCH3 is 1. The van der Waals surface area contributed by atoms with Crippen LogP contribution in [0.3, 0.4) is 0 Å². The lowest BCUT2D eigenvalue weighted by atomic mass is 10.0. The summed E-state index contributed by atoms with van der Waals surface area (Å²) in [5, 5.41) is 9.26. The molecular weight excluding hydrogens is 322 g/mol. The largest absolute Gasteiger partial charge is 0.497 e. The number of hydrogen-bond donors (Lipinski definition) is 1. The second kappa shape index (κ2) is 7.25. The van der Waals surface area contributed by atoms with Crippen LogP contribution in [0.4, 0.5) is 5.69 Å². The van der Waals surface area contributed by atoms with E-state index in [0.717, 1.165) is 24.1 Å². The summed E-state index contributed by atoms with van der Waals surface area (Å²) in [5.74, 6) is -0.735. The Morgan fingerprint density at radius 2 is 2.00 bits per heavy atom.